The average Bonchev–Trinajstić information content (AvgIpc) is 2.96. The first kappa shape index (κ1) is 19.9. The van der Waals surface area contributed by atoms with Crippen LogP contribution in [0.4, 0.5) is 0 Å². The van der Waals surface area contributed by atoms with E-state index in [2.05, 4.69) is 24.1 Å². The van der Waals surface area contributed by atoms with E-state index in [0.717, 1.165) is 25.1 Å². The molecule has 1 saturated heterocycles. The van der Waals surface area contributed by atoms with Gasteiger partial charge in [0.15, 0.2) is 0 Å². The Labute approximate surface area is 151 Å². The summed E-state index contributed by atoms with van der Waals surface area (Å²) in [6.07, 6.45) is 1.43. The highest BCUT2D eigenvalue weighted by atomic mass is 16.5. The Hall–Kier alpha value is -1.43. The molecule has 2 N–H and O–H groups in total. The number of carbonyl (C=O) groups excluding carboxylic acids is 1. The standard InChI is InChI=1S/C20H32N2O3/c1-14(2)22-12-17(18(13-22)25-5)21-19(23)16-8-6-7-15(11-16)9-10-20(3,4)24/h6-8,11,14,17-18,24H,9-10,12-13H2,1-5H3,(H,21,23)/t17-,18-/m1/s1. The Kier molecular flexibility index (Phi) is 6.60. The average molecular weight is 348 g/mol. The van der Waals surface area contributed by atoms with Crippen LogP contribution in [0.15, 0.2) is 24.3 Å². The van der Waals surface area contributed by atoms with Crippen LogP contribution in [-0.2, 0) is 11.2 Å². The predicted molar refractivity (Wildman–Crippen MR) is 99.8 cm³/mol. The zero-order valence-electron chi connectivity index (χ0n) is 16.1. The van der Waals surface area contributed by atoms with E-state index in [4.69, 9.17) is 4.74 Å². The van der Waals surface area contributed by atoms with Crippen molar-refractivity contribution in [2.75, 3.05) is 20.2 Å². The van der Waals surface area contributed by atoms with Gasteiger partial charge in [0, 0.05) is 31.8 Å². The van der Waals surface area contributed by atoms with Crippen molar-refractivity contribution in [2.45, 2.75) is 64.3 Å². The van der Waals surface area contributed by atoms with Crippen LogP contribution in [0, 0.1) is 0 Å². The summed E-state index contributed by atoms with van der Waals surface area (Å²) < 4.78 is 5.56. The Bertz CT molecular complexity index is 581. The molecule has 0 aromatic heterocycles. The molecule has 140 valence electrons. The van der Waals surface area contributed by atoms with Gasteiger partial charge in [0.25, 0.3) is 5.91 Å². The number of aliphatic hydroxyl groups is 1. The van der Waals surface area contributed by atoms with Crippen LogP contribution >= 0.6 is 0 Å². The third kappa shape index (κ3) is 5.80. The number of carbonyl (C=O) groups is 1. The summed E-state index contributed by atoms with van der Waals surface area (Å²) in [5, 5.41) is 13.0. The SMILES string of the molecule is CO[C@@H]1CN(C(C)C)C[C@H]1NC(=O)c1cccc(CCC(C)(C)O)c1. The molecule has 0 saturated carbocycles. The van der Waals surface area contributed by atoms with Crippen LogP contribution in [0.25, 0.3) is 0 Å². The second kappa shape index (κ2) is 8.30. The molecular formula is C20H32N2O3. The van der Waals surface area contributed by atoms with E-state index in [-0.39, 0.29) is 18.1 Å². The van der Waals surface area contributed by atoms with Crippen LogP contribution in [0.5, 0.6) is 0 Å². The third-order valence-electron chi connectivity index (χ3n) is 4.86. The number of hydrogen-bond donors (Lipinski definition) is 2. The van der Waals surface area contributed by atoms with E-state index in [9.17, 15) is 9.90 Å². The Balaban J connectivity index is 2.00. The van der Waals surface area contributed by atoms with Crippen molar-refractivity contribution in [1.82, 2.24) is 10.2 Å². The van der Waals surface area contributed by atoms with E-state index in [0.29, 0.717) is 18.0 Å². The molecule has 5 nitrogen and oxygen atoms in total. The number of benzene rings is 1. The van der Waals surface area contributed by atoms with Crippen molar-refractivity contribution in [3.05, 3.63) is 35.4 Å². The molecule has 5 heteroatoms. The molecule has 0 unspecified atom stereocenters. The summed E-state index contributed by atoms with van der Waals surface area (Å²) in [5.41, 5.74) is 1.02. The molecule has 1 aliphatic rings. The second-order valence-corrected chi connectivity index (χ2v) is 7.91. The summed E-state index contributed by atoms with van der Waals surface area (Å²) in [5.74, 6) is -0.0669. The van der Waals surface area contributed by atoms with Gasteiger partial charge in [-0.25, -0.2) is 0 Å². The van der Waals surface area contributed by atoms with Gasteiger partial charge in [-0.15, -0.1) is 0 Å². The van der Waals surface area contributed by atoms with Crippen LogP contribution in [0.1, 0.15) is 50.0 Å². The first-order valence-electron chi connectivity index (χ1n) is 9.08. The van der Waals surface area contributed by atoms with Gasteiger partial charge in [-0.3, -0.25) is 9.69 Å². The third-order valence-corrected chi connectivity index (χ3v) is 4.86. The van der Waals surface area contributed by atoms with Crippen molar-refractivity contribution in [3.63, 3.8) is 0 Å². The molecule has 2 atom stereocenters. The fourth-order valence-electron chi connectivity index (χ4n) is 3.17. The minimum atomic E-state index is -0.700. The summed E-state index contributed by atoms with van der Waals surface area (Å²) >= 11 is 0. The molecule has 1 fully saturated rings. The number of rotatable bonds is 7. The van der Waals surface area contributed by atoms with Crippen molar-refractivity contribution < 1.29 is 14.6 Å². The largest absolute Gasteiger partial charge is 0.390 e. The van der Waals surface area contributed by atoms with Crippen molar-refractivity contribution in [3.8, 4) is 0 Å². The minimum Gasteiger partial charge on any atom is -0.390 e. The number of nitrogens with one attached hydrogen (secondary N) is 1. The number of aryl methyl sites for hydroxylation is 1. The molecule has 2 rings (SSSR count). The topological polar surface area (TPSA) is 61.8 Å². The van der Waals surface area contributed by atoms with Gasteiger partial charge in [0.05, 0.1) is 17.7 Å². The lowest BCUT2D eigenvalue weighted by Gasteiger charge is -2.20. The van der Waals surface area contributed by atoms with Gasteiger partial charge >= 0.3 is 0 Å². The highest BCUT2D eigenvalue weighted by molar-refractivity contribution is 5.94. The number of hydrogen-bond acceptors (Lipinski definition) is 4. The highest BCUT2D eigenvalue weighted by Gasteiger charge is 2.35. The van der Waals surface area contributed by atoms with Crippen LogP contribution in [-0.4, -0.2) is 59.9 Å². The smallest absolute Gasteiger partial charge is 0.251 e. The number of ether oxygens (including phenoxy) is 1. The van der Waals surface area contributed by atoms with E-state index in [1.54, 1.807) is 21.0 Å². The van der Waals surface area contributed by atoms with Crippen LogP contribution in [0.2, 0.25) is 0 Å². The molecule has 1 aromatic rings. The first-order chi connectivity index (χ1) is 11.7. The van der Waals surface area contributed by atoms with E-state index < -0.39 is 5.60 Å². The van der Waals surface area contributed by atoms with Gasteiger partial charge in [0.2, 0.25) is 0 Å². The molecule has 0 aliphatic carbocycles. The molecule has 1 aliphatic heterocycles. The van der Waals surface area contributed by atoms with E-state index in [1.165, 1.54) is 0 Å². The van der Waals surface area contributed by atoms with Crippen molar-refractivity contribution >= 4 is 5.91 Å². The quantitative estimate of drug-likeness (QED) is 0.793. The van der Waals surface area contributed by atoms with Gasteiger partial charge in [-0.1, -0.05) is 12.1 Å². The fourth-order valence-corrected chi connectivity index (χ4v) is 3.17. The van der Waals surface area contributed by atoms with Crippen LogP contribution in [0.3, 0.4) is 0 Å². The van der Waals surface area contributed by atoms with Gasteiger partial charge in [-0.2, -0.15) is 0 Å². The minimum absolute atomic E-state index is 0.0000636. The number of methoxy groups -OCH3 is 1. The Morgan fingerprint density at radius 3 is 2.72 bits per heavy atom. The number of likely N-dealkylation sites (tertiary alicyclic amines) is 1. The molecule has 25 heavy (non-hydrogen) atoms. The molecule has 1 aromatic carbocycles. The second-order valence-electron chi connectivity index (χ2n) is 7.91. The zero-order chi connectivity index (χ0) is 18.6. The Morgan fingerprint density at radius 1 is 1.40 bits per heavy atom. The molecule has 1 amide bonds. The van der Waals surface area contributed by atoms with Crippen molar-refractivity contribution in [1.29, 1.82) is 0 Å². The first-order valence-corrected chi connectivity index (χ1v) is 9.08. The van der Waals surface area contributed by atoms with Gasteiger partial charge in [0.1, 0.15) is 0 Å². The van der Waals surface area contributed by atoms with E-state index in [1.807, 2.05) is 24.3 Å². The maximum atomic E-state index is 12.7. The highest BCUT2D eigenvalue weighted by Crippen LogP contribution is 2.18. The van der Waals surface area contributed by atoms with Crippen molar-refractivity contribution in [2.24, 2.45) is 0 Å². The van der Waals surface area contributed by atoms with Gasteiger partial charge < -0.3 is 15.2 Å². The van der Waals surface area contributed by atoms with E-state index >= 15 is 0 Å². The monoisotopic (exact) mass is 348 g/mol. The fraction of sp³-hybridized carbons (Fsp3) is 0.650. The maximum absolute atomic E-state index is 12.7. The van der Waals surface area contributed by atoms with Crippen LogP contribution < -0.4 is 5.32 Å². The molecule has 0 radical (unpaired) electrons. The molecule has 1 heterocycles. The lowest BCUT2D eigenvalue weighted by molar-refractivity contribution is 0.0714. The Morgan fingerprint density at radius 2 is 2.12 bits per heavy atom. The molecule has 0 bridgehead atoms. The van der Waals surface area contributed by atoms with Gasteiger partial charge in [-0.05, 0) is 58.2 Å². The molecule has 0 spiro atoms. The lowest BCUT2D eigenvalue weighted by atomic mass is 9.98. The summed E-state index contributed by atoms with van der Waals surface area (Å²) in [7, 11) is 1.70. The normalized spacial score (nSPS) is 21.7. The molecular weight excluding hydrogens is 316 g/mol. The number of nitrogens with zero attached hydrogens (tertiary/aromatic N) is 1. The summed E-state index contributed by atoms with van der Waals surface area (Å²) in [4.78, 5) is 15.0. The lowest BCUT2D eigenvalue weighted by Crippen LogP contribution is -2.43. The summed E-state index contributed by atoms with van der Waals surface area (Å²) in [6, 6.07) is 8.08. The zero-order valence-corrected chi connectivity index (χ0v) is 16.1. The number of amides is 1. The predicted octanol–water partition coefficient (Wildman–Crippen LogP) is 2.23. The maximum Gasteiger partial charge on any atom is 0.251 e. The summed E-state index contributed by atoms with van der Waals surface area (Å²) in [6.45, 7) is 9.56.